The van der Waals surface area contributed by atoms with Crippen LogP contribution in [0.25, 0.3) is 0 Å². The molecular formula is C18H21N3O4S. The van der Waals surface area contributed by atoms with Crippen molar-refractivity contribution >= 4 is 21.6 Å². The van der Waals surface area contributed by atoms with E-state index in [2.05, 4.69) is 0 Å². The van der Waals surface area contributed by atoms with E-state index in [1.807, 2.05) is 24.3 Å². The summed E-state index contributed by atoms with van der Waals surface area (Å²) in [7, 11) is -2.19. The van der Waals surface area contributed by atoms with Crippen LogP contribution < -0.4 is 10.0 Å². The van der Waals surface area contributed by atoms with Crippen molar-refractivity contribution in [3.05, 3.63) is 47.8 Å². The maximum absolute atomic E-state index is 13.3. The lowest BCUT2D eigenvalue weighted by molar-refractivity contribution is 0.0560. The summed E-state index contributed by atoms with van der Waals surface area (Å²) >= 11 is 0. The molecule has 1 spiro atoms. The standard InChI is InChI=1S/C18H21N3O4S/c1-20-11-13(10-16(20)17(19)22)26(23,24)21-12-18(6-8-25-9-7-18)14-4-2-3-5-15(14)21/h2-5,10-11H,6-9,12H2,1H3,(H2,19,22). The van der Waals surface area contributed by atoms with Gasteiger partial charge >= 0.3 is 0 Å². The summed E-state index contributed by atoms with van der Waals surface area (Å²) in [5.74, 6) is -0.656. The van der Waals surface area contributed by atoms with E-state index in [4.69, 9.17) is 10.5 Å². The molecule has 0 radical (unpaired) electrons. The largest absolute Gasteiger partial charge is 0.381 e. The molecule has 2 aliphatic rings. The van der Waals surface area contributed by atoms with Crippen LogP contribution >= 0.6 is 0 Å². The van der Waals surface area contributed by atoms with E-state index >= 15 is 0 Å². The third-order valence-electron chi connectivity index (χ3n) is 5.46. The van der Waals surface area contributed by atoms with Gasteiger partial charge in [0.1, 0.15) is 10.6 Å². The molecule has 2 aromatic rings. The zero-order valence-electron chi connectivity index (χ0n) is 14.5. The van der Waals surface area contributed by atoms with Crippen molar-refractivity contribution in [3.63, 3.8) is 0 Å². The summed E-state index contributed by atoms with van der Waals surface area (Å²) in [6.07, 6.45) is 3.02. The molecule has 0 atom stereocenters. The van der Waals surface area contributed by atoms with Crippen LogP contribution in [0.1, 0.15) is 28.9 Å². The second-order valence-electron chi connectivity index (χ2n) is 6.96. The van der Waals surface area contributed by atoms with Gasteiger partial charge in [-0.05, 0) is 30.5 Å². The molecule has 2 N–H and O–H groups in total. The highest BCUT2D eigenvalue weighted by molar-refractivity contribution is 7.92. The maximum Gasteiger partial charge on any atom is 0.265 e. The highest BCUT2D eigenvalue weighted by Gasteiger charge is 2.47. The lowest BCUT2D eigenvalue weighted by atomic mass is 9.76. The topological polar surface area (TPSA) is 94.6 Å². The van der Waals surface area contributed by atoms with Crippen LogP contribution in [0, 0.1) is 0 Å². The number of aromatic nitrogens is 1. The molecule has 8 heteroatoms. The Balaban J connectivity index is 1.80. The van der Waals surface area contributed by atoms with Gasteiger partial charge in [0.05, 0.1) is 5.69 Å². The maximum atomic E-state index is 13.3. The van der Waals surface area contributed by atoms with Gasteiger partial charge in [-0.15, -0.1) is 0 Å². The number of hydrogen-bond donors (Lipinski definition) is 1. The molecule has 4 rings (SSSR count). The Hall–Kier alpha value is -2.32. The predicted octanol–water partition coefficient (Wildman–Crippen LogP) is 1.38. The number of aryl methyl sites for hydroxylation is 1. The van der Waals surface area contributed by atoms with E-state index in [0.29, 0.717) is 25.4 Å². The quantitative estimate of drug-likeness (QED) is 0.877. The number of nitrogens with zero attached hydrogens (tertiary/aromatic N) is 2. The van der Waals surface area contributed by atoms with Gasteiger partial charge in [-0.1, -0.05) is 18.2 Å². The molecule has 138 valence electrons. The van der Waals surface area contributed by atoms with E-state index < -0.39 is 15.9 Å². The molecule has 0 unspecified atom stereocenters. The van der Waals surface area contributed by atoms with E-state index in [1.165, 1.54) is 21.1 Å². The van der Waals surface area contributed by atoms with E-state index in [9.17, 15) is 13.2 Å². The fraction of sp³-hybridized carbons (Fsp3) is 0.389. The van der Waals surface area contributed by atoms with Crippen LogP contribution in [0.5, 0.6) is 0 Å². The highest BCUT2D eigenvalue weighted by atomic mass is 32.2. The molecule has 0 aliphatic carbocycles. The molecule has 7 nitrogen and oxygen atoms in total. The second-order valence-corrected chi connectivity index (χ2v) is 8.82. The number of primary amides is 1. The van der Waals surface area contributed by atoms with Crippen molar-refractivity contribution in [3.8, 4) is 0 Å². The van der Waals surface area contributed by atoms with Crippen LogP contribution in [-0.2, 0) is 27.2 Å². The number of benzene rings is 1. The fourth-order valence-electron chi connectivity index (χ4n) is 4.04. The molecule has 0 bridgehead atoms. The number of anilines is 1. The SMILES string of the molecule is Cn1cc(S(=O)(=O)N2CC3(CCOCC3)c3ccccc32)cc1C(N)=O. The lowest BCUT2D eigenvalue weighted by Crippen LogP contribution is -2.40. The minimum atomic E-state index is -3.80. The van der Waals surface area contributed by atoms with Gasteiger partial charge in [0.15, 0.2) is 0 Å². The molecule has 1 fully saturated rings. The van der Waals surface area contributed by atoms with Crippen LogP contribution in [0.4, 0.5) is 5.69 Å². The van der Waals surface area contributed by atoms with Crippen molar-refractivity contribution < 1.29 is 17.9 Å². The first-order chi connectivity index (χ1) is 12.3. The average Bonchev–Trinajstić information content (AvgIpc) is 3.16. The van der Waals surface area contributed by atoms with Gasteiger partial charge in [0.25, 0.3) is 15.9 Å². The number of rotatable bonds is 3. The number of hydrogen-bond acceptors (Lipinski definition) is 4. The Morgan fingerprint density at radius 1 is 1.23 bits per heavy atom. The van der Waals surface area contributed by atoms with Crippen molar-refractivity contribution in [1.29, 1.82) is 0 Å². The molecular weight excluding hydrogens is 354 g/mol. The summed E-state index contributed by atoms with van der Waals surface area (Å²) in [6.45, 7) is 1.64. The average molecular weight is 375 g/mol. The van der Waals surface area contributed by atoms with E-state index in [1.54, 1.807) is 7.05 Å². The zero-order chi connectivity index (χ0) is 18.5. The number of para-hydroxylation sites is 1. The third-order valence-corrected chi connectivity index (χ3v) is 7.19. The van der Waals surface area contributed by atoms with Gasteiger partial charge in [-0.25, -0.2) is 8.42 Å². The lowest BCUT2D eigenvalue weighted by Gasteiger charge is -2.34. The predicted molar refractivity (Wildman–Crippen MR) is 96.6 cm³/mol. The second kappa shape index (κ2) is 5.85. The zero-order valence-corrected chi connectivity index (χ0v) is 15.3. The number of carbonyl (C=O) groups is 1. The smallest absolute Gasteiger partial charge is 0.265 e. The first kappa shape index (κ1) is 17.1. The summed E-state index contributed by atoms with van der Waals surface area (Å²) in [4.78, 5) is 11.6. The Morgan fingerprint density at radius 3 is 2.58 bits per heavy atom. The Kier molecular flexibility index (Phi) is 3.85. The molecule has 2 aliphatic heterocycles. The van der Waals surface area contributed by atoms with Crippen LogP contribution in [0.2, 0.25) is 0 Å². The highest BCUT2D eigenvalue weighted by Crippen LogP contribution is 2.48. The van der Waals surface area contributed by atoms with E-state index in [-0.39, 0.29) is 16.0 Å². The number of fused-ring (bicyclic) bond motifs is 2. The molecule has 0 saturated carbocycles. The van der Waals surface area contributed by atoms with Crippen LogP contribution in [0.3, 0.4) is 0 Å². The normalized spacial score (nSPS) is 18.9. The summed E-state index contributed by atoms with van der Waals surface area (Å²) in [5.41, 5.74) is 7.04. The van der Waals surface area contributed by atoms with Gasteiger partial charge in [0.2, 0.25) is 0 Å². The fourth-order valence-corrected chi connectivity index (χ4v) is 5.68. The van der Waals surface area contributed by atoms with Crippen molar-refractivity contribution in [2.45, 2.75) is 23.2 Å². The van der Waals surface area contributed by atoms with Gasteiger partial charge in [-0.3, -0.25) is 9.10 Å². The minimum absolute atomic E-state index is 0.0766. The molecule has 1 amide bonds. The number of nitrogens with two attached hydrogens (primary N) is 1. The molecule has 1 aromatic heterocycles. The first-order valence-corrected chi connectivity index (χ1v) is 9.95. The number of sulfonamides is 1. The van der Waals surface area contributed by atoms with Gasteiger partial charge < -0.3 is 15.0 Å². The van der Waals surface area contributed by atoms with Crippen molar-refractivity contribution in [2.24, 2.45) is 12.8 Å². The number of amides is 1. The Labute approximate surface area is 152 Å². The first-order valence-electron chi connectivity index (χ1n) is 8.51. The van der Waals surface area contributed by atoms with Crippen LogP contribution in [-0.4, -0.2) is 38.7 Å². The monoisotopic (exact) mass is 375 g/mol. The van der Waals surface area contributed by atoms with Crippen molar-refractivity contribution in [2.75, 3.05) is 24.1 Å². The van der Waals surface area contributed by atoms with Crippen molar-refractivity contribution in [1.82, 2.24) is 4.57 Å². The van der Waals surface area contributed by atoms with Crippen LogP contribution in [0.15, 0.2) is 41.4 Å². The Bertz CT molecular complexity index is 974. The van der Waals surface area contributed by atoms with Gasteiger partial charge in [0, 0.05) is 38.4 Å². The summed E-state index contributed by atoms with van der Waals surface area (Å²) in [5, 5.41) is 0. The summed E-state index contributed by atoms with van der Waals surface area (Å²) in [6, 6.07) is 8.99. The van der Waals surface area contributed by atoms with E-state index in [0.717, 1.165) is 18.4 Å². The number of ether oxygens (including phenoxy) is 1. The minimum Gasteiger partial charge on any atom is -0.381 e. The Morgan fingerprint density at radius 2 is 1.92 bits per heavy atom. The molecule has 1 aromatic carbocycles. The molecule has 1 saturated heterocycles. The molecule has 3 heterocycles. The third kappa shape index (κ3) is 2.44. The molecule has 26 heavy (non-hydrogen) atoms. The number of carbonyl (C=O) groups excluding carboxylic acids is 1. The van der Waals surface area contributed by atoms with Gasteiger partial charge in [-0.2, -0.15) is 0 Å². The summed E-state index contributed by atoms with van der Waals surface area (Å²) < 4.78 is 35.1.